The van der Waals surface area contributed by atoms with Gasteiger partial charge in [-0.05, 0) is 13.0 Å². The summed E-state index contributed by atoms with van der Waals surface area (Å²) in [5.74, 6) is 0. The fourth-order valence-corrected chi connectivity index (χ4v) is 2.89. The molecule has 1 N–H and O–H groups in total. The van der Waals surface area contributed by atoms with E-state index in [1.54, 1.807) is 4.68 Å². The smallest absolute Gasteiger partial charge is 0.178 e. The molecule has 0 aliphatic carbocycles. The zero-order chi connectivity index (χ0) is 14.9. The summed E-state index contributed by atoms with van der Waals surface area (Å²) in [7, 11) is 1.91. The van der Waals surface area contributed by atoms with E-state index in [-0.39, 0.29) is 0 Å². The number of nitrogens with one attached hydrogen (secondary N) is 1. The minimum absolute atomic E-state index is 0.912. The lowest BCUT2D eigenvalue weighted by Crippen LogP contribution is -2.27. The van der Waals surface area contributed by atoms with Crippen LogP contribution < -0.4 is 10.2 Å². The first-order chi connectivity index (χ1) is 10.8. The highest BCUT2D eigenvalue weighted by molar-refractivity contribution is 5.70. The van der Waals surface area contributed by atoms with Gasteiger partial charge in [-0.1, -0.05) is 0 Å². The summed E-state index contributed by atoms with van der Waals surface area (Å²) in [4.78, 5) is 6.99. The van der Waals surface area contributed by atoms with Crippen LogP contribution in [0.2, 0.25) is 0 Å². The molecule has 7 heteroatoms. The number of hydrogen-bond donors (Lipinski definition) is 1. The Morgan fingerprint density at radius 2 is 1.91 bits per heavy atom. The molecular weight excluding hydrogens is 278 g/mol. The van der Waals surface area contributed by atoms with Crippen LogP contribution in [0.4, 0.5) is 5.69 Å². The second-order valence-corrected chi connectivity index (χ2v) is 5.63. The summed E-state index contributed by atoms with van der Waals surface area (Å²) < 4.78 is 3.65. The molecule has 0 unspecified atom stereocenters. The Morgan fingerprint density at radius 1 is 1.00 bits per heavy atom. The standard InChI is InChI=1S/C15H19N7/c1-20-10-13(8-18-20)12-7-17-15-14(9-19-22(15)11-12)21-5-2-3-16-4-6-21/h7-11,16H,2-6H2,1H3. The van der Waals surface area contributed by atoms with Crippen molar-refractivity contribution < 1.29 is 0 Å². The van der Waals surface area contributed by atoms with Gasteiger partial charge >= 0.3 is 0 Å². The van der Waals surface area contributed by atoms with Gasteiger partial charge in [-0.15, -0.1) is 0 Å². The lowest BCUT2D eigenvalue weighted by molar-refractivity contribution is 0.724. The highest BCUT2D eigenvalue weighted by Crippen LogP contribution is 2.23. The molecule has 22 heavy (non-hydrogen) atoms. The van der Waals surface area contributed by atoms with E-state index in [4.69, 9.17) is 0 Å². The highest BCUT2D eigenvalue weighted by Gasteiger charge is 2.15. The lowest BCUT2D eigenvalue weighted by atomic mass is 10.2. The molecule has 0 atom stereocenters. The molecule has 3 aromatic rings. The second-order valence-electron chi connectivity index (χ2n) is 5.63. The van der Waals surface area contributed by atoms with Gasteiger partial charge in [0, 0.05) is 56.4 Å². The molecule has 1 fully saturated rings. The van der Waals surface area contributed by atoms with Crippen LogP contribution >= 0.6 is 0 Å². The van der Waals surface area contributed by atoms with E-state index in [0.717, 1.165) is 55.1 Å². The van der Waals surface area contributed by atoms with Crippen molar-refractivity contribution in [2.45, 2.75) is 6.42 Å². The van der Waals surface area contributed by atoms with E-state index < -0.39 is 0 Å². The molecule has 1 aliphatic rings. The quantitative estimate of drug-likeness (QED) is 0.762. The Labute approximate surface area is 128 Å². The van der Waals surface area contributed by atoms with E-state index in [1.165, 1.54) is 0 Å². The van der Waals surface area contributed by atoms with Crippen molar-refractivity contribution in [1.29, 1.82) is 0 Å². The number of rotatable bonds is 2. The molecule has 0 amide bonds. The minimum Gasteiger partial charge on any atom is -0.366 e. The number of aryl methyl sites for hydroxylation is 1. The van der Waals surface area contributed by atoms with Crippen molar-refractivity contribution in [3.05, 3.63) is 31.0 Å². The predicted octanol–water partition coefficient (Wildman–Crippen LogP) is 0.929. The first-order valence-corrected chi connectivity index (χ1v) is 7.59. The van der Waals surface area contributed by atoms with Crippen molar-refractivity contribution in [2.24, 2.45) is 7.05 Å². The van der Waals surface area contributed by atoms with Crippen LogP contribution in [-0.4, -0.2) is 50.6 Å². The zero-order valence-electron chi connectivity index (χ0n) is 12.6. The van der Waals surface area contributed by atoms with Gasteiger partial charge in [0.15, 0.2) is 5.65 Å². The van der Waals surface area contributed by atoms with Gasteiger partial charge in [-0.2, -0.15) is 10.2 Å². The molecule has 0 radical (unpaired) electrons. The van der Waals surface area contributed by atoms with Crippen LogP contribution in [0.25, 0.3) is 16.8 Å². The summed E-state index contributed by atoms with van der Waals surface area (Å²) in [6.45, 7) is 4.12. The molecule has 0 bridgehead atoms. The third-order valence-corrected chi connectivity index (χ3v) is 4.06. The second kappa shape index (κ2) is 5.42. The highest BCUT2D eigenvalue weighted by atomic mass is 15.3. The number of nitrogens with zero attached hydrogens (tertiary/aromatic N) is 6. The number of aromatic nitrogens is 5. The van der Waals surface area contributed by atoms with Crippen LogP contribution in [-0.2, 0) is 7.05 Å². The number of fused-ring (bicyclic) bond motifs is 1. The zero-order valence-corrected chi connectivity index (χ0v) is 12.6. The molecule has 0 aromatic carbocycles. The van der Waals surface area contributed by atoms with Crippen molar-refractivity contribution >= 4 is 11.3 Å². The fraction of sp³-hybridized carbons (Fsp3) is 0.400. The maximum absolute atomic E-state index is 4.63. The van der Waals surface area contributed by atoms with Gasteiger partial charge in [0.2, 0.25) is 0 Å². The first kappa shape index (κ1) is 13.3. The van der Waals surface area contributed by atoms with Crippen molar-refractivity contribution in [2.75, 3.05) is 31.1 Å². The van der Waals surface area contributed by atoms with E-state index in [9.17, 15) is 0 Å². The van der Waals surface area contributed by atoms with Crippen LogP contribution in [0.5, 0.6) is 0 Å². The van der Waals surface area contributed by atoms with Crippen molar-refractivity contribution in [3.63, 3.8) is 0 Å². The summed E-state index contributed by atoms with van der Waals surface area (Å²) in [6, 6.07) is 0. The van der Waals surface area contributed by atoms with Gasteiger partial charge in [0.1, 0.15) is 5.69 Å². The van der Waals surface area contributed by atoms with Crippen molar-refractivity contribution in [1.82, 2.24) is 29.7 Å². The van der Waals surface area contributed by atoms with Gasteiger partial charge in [0.25, 0.3) is 0 Å². The normalized spacial score (nSPS) is 16.1. The summed E-state index contributed by atoms with van der Waals surface area (Å²) in [5, 5.41) is 12.1. The Balaban J connectivity index is 1.70. The van der Waals surface area contributed by atoms with E-state index in [2.05, 4.69) is 25.4 Å². The lowest BCUT2D eigenvalue weighted by Gasteiger charge is -2.20. The molecule has 114 valence electrons. The van der Waals surface area contributed by atoms with E-state index in [1.807, 2.05) is 42.5 Å². The molecule has 0 spiro atoms. The summed E-state index contributed by atoms with van der Waals surface area (Å²) in [5.41, 5.74) is 4.09. The van der Waals surface area contributed by atoms with Crippen LogP contribution in [0, 0.1) is 0 Å². The van der Waals surface area contributed by atoms with Gasteiger partial charge < -0.3 is 10.2 Å². The molecule has 1 saturated heterocycles. The van der Waals surface area contributed by atoms with E-state index >= 15 is 0 Å². The molecule has 7 nitrogen and oxygen atoms in total. The van der Waals surface area contributed by atoms with Gasteiger partial charge in [-0.25, -0.2) is 9.50 Å². The maximum atomic E-state index is 4.63. The molecule has 0 saturated carbocycles. The van der Waals surface area contributed by atoms with Crippen LogP contribution in [0.1, 0.15) is 6.42 Å². The average Bonchev–Trinajstić information content (AvgIpc) is 3.05. The third kappa shape index (κ3) is 2.33. The van der Waals surface area contributed by atoms with Crippen LogP contribution in [0.15, 0.2) is 31.0 Å². The number of anilines is 1. The Bertz CT molecular complexity index is 780. The molecule has 1 aliphatic heterocycles. The monoisotopic (exact) mass is 297 g/mol. The Kier molecular flexibility index (Phi) is 3.27. The summed E-state index contributed by atoms with van der Waals surface area (Å²) in [6.07, 6.45) is 10.8. The number of hydrogen-bond acceptors (Lipinski definition) is 5. The summed E-state index contributed by atoms with van der Waals surface area (Å²) >= 11 is 0. The topological polar surface area (TPSA) is 63.3 Å². The molecular formula is C15H19N7. The average molecular weight is 297 g/mol. The first-order valence-electron chi connectivity index (χ1n) is 7.59. The van der Waals surface area contributed by atoms with Crippen LogP contribution in [0.3, 0.4) is 0 Å². The predicted molar refractivity (Wildman–Crippen MR) is 84.9 cm³/mol. The van der Waals surface area contributed by atoms with Crippen molar-refractivity contribution in [3.8, 4) is 11.1 Å². The largest absolute Gasteiger partial charge is 0.366 e. The van der Waals surface area contributed by atoms with Gasteiger partial charge in [-0.3, -0.25) is 4.68 Å². The maximum Gasteiger partial charge on any atom is 0.178 e. The fourth-order valence-electron chi connectivity index (χ4n) is 2.89. The molecule has 4 rings (SSSR count). The molecule has 4 heterocycles. The molecule has 3 aromatic heterocycles. The SMILES string of the molecule is Cn1cc(-c2cnc3c(N4CCCNCC4)cnn3c2)cn1. The van der Waals surface area contributed by atoms with Gasteiger partial charge in [0.05, 0.1) is 12.4 Å². The Morgan fingerprint density at radius 3 is 2.77 bits per heavy atom. The minimum atomic E-state index is 0.912. The third-order valence-electron chi connectivity index (χ3n) is 4.06. The Hall–Kier alpha value is -2.41. The van der Waals surface area contributed by atoms with E-state index in [0.29, 0.717) is 0 Å².